The molecule has 2 rings (SSSR count). The van der Waals surface area contributed by atoms with Gasteiger partial charge >= 0.3 is 6.09 Å². The molecule has 0 aliphatic carbocycles. The number of ketones is 1. The summed E-state index contributed by atoms with van der Waals surface area (Å²) in [6.45, 7) is 6.94. The number of nitrogens with zero attached hydrogens (tertiary/aromatic N) is 1. The standard InChI is InChI=1S/C21H25NO4/c1-15(18(23)13-12-16-9-6-5-7-10-16)19(24)17-11-8-14-22(17)20(25)26-21(2,3)4/h5-15,19,24H,1-4H3/b13-12+. The van der Waals surface area contributed by atoms with E-state index < -0.39 is 23.7 Å². The first-order valence-electron chi connectivity index (χ1n) is 8.54. The van der Waals surface area contributed by atoms with E-state index in [1.54, 1.807) is 45.9 Å². The average Bonchev–Trinajstić information content (AvgIpc) is 3.07. The maximum absolute atomic E-state index is 12.4. The predicted molar refractivity (Wildman–Crippen MR) is 101 cm³/mol. The Balaban J connectivity index is 2.12. The monoisotopic (exact) mass is 355 g/mol. The van der Waals surface area contributed by atoms with Gasteiger partial charge < -0.3 is 9.84 Å². The zero-order chi connectivity index (χ0) is 19.3. The van der Waals surface area contributed by atoms with Crippen molar-refractivity contribution in [2.24, 2.45) is 5.92 Å². The lowest BCUT2D eigenvalue weighted by Crippen LogP contribution is -2.29. The molecule has 0 aliphatic rings. The molecule has 0 amide bonds. The zero-order valence-electron chi connectivity index (χ0n) is 15.5. The van der Waals surface area contributed by atoms with Gasteiger partial charge in [0.1, 0.15) is 11.7 Å². The SMILES string of the molecule is CC(C(=O)/C=C/c1ccccc1)C(O)c1cccn1C(=O)OC(C)(C)C. The molecule has 0 bridgehead atoms. The molecule has 1 heterocycles. The molecule has 2 atom stereocenters. The fourth-order valence-electron chi connectivity index (χ4n) is 2.42. The van der Waals surface area contributed by atoms with Crippen molar-refractivity contribution in [3.63, 3.8) is 0 Å². The van der Waals surface area contributed by atoms with E-state index in [0.29, 0.717) is 5.69 Å². The summed E-state index contributed by atoms with van der Waals surface area (Å²) in [6.07, 6.45) is 2.97. The molecule has 0 aliphatic heterocycles. The van der Waals surface area contributed by atoms with Gasteiger partial charge in [-0.2, -0.15) is 0 Å². The molecule has 0 radical (unpaired) electrons. The highest BCUT2D eigenvalue weighted by Gasteiger charge is 2.27. The third kappa shape index (κ3) is 5.17. The molecule has 0 fully saturated rings. The highest BCUT2D eigenvalue weighted by Crippen LogP contribution is 2.24. The van der Waals surface area contributed by atoms with Crippen molar-refractivity contribution in [3.8, 4) is 0 Å². The number of aromatic nitrogens is 1. The van der Waals surface area contributed by atoms with Gasteiger partial charge in [-0.15, -0.1) is 0 Å². The molecule has 2 aromatic rings. The summed E-state index contributed by atoms with van der Waals surface area (Å²) < 4.78 is 6.57. The van der Waals surface area contributed by atoms with Crippen molar-refractivity contribution in [1.29, 1.82) is 0 Å². The van der Waals surface area contributed by atoms with Gasteiger partial charge in [0.25, 0.3) is 0 Å². The first-order valence-corrected chi connectivity index (χ1v) is 8.54. The second-order valence-electron chi connectivity index (χ2n) is 7.16. The Morgan fingerprint density at radius 1 is 1.12 bits per heavy atom. The Kier molecular flexibility index (Phi) is 6.16. The van der Waals surface area contributed by atoms with Crippen LogP contribution in [0.2, 0.25) is 0 Å². The Morgan fingerprint density at radius 2 is 1.77 bits per heavy atom. The van der Waals surface area contributed by atoms with E-state index in [1.165, 1.54) is 16.8 Å². The van der Waals surface area contributed by atoms with Crippen molar-refractivity contribution in [1.82, 2.24) is 4.57 Å². The third-order valence-electron chi connectivity index (χ3n) is 3.84. The summed E-state index contributed by atoms with van der Waals surface area (Å²) in [5.74, 6) is -0.927. The fourth-order valence-corrected chi connectivity index (χ4v) is 2.42. The number of ether oxygens (including phenoxy) is 1. The molecular formula is C21H25NO4. The minimum absolute atomic E-state index is 0.224. The first kappa shape index (κ1) is 19.7. The van der Waals surface area contributed by atoms with Gasteiger partial charge in [0, 0.05) is 6.20 Å². The number of carbonyl (C=O) groups excluding carboxylic acids is 2. The summed E-state index contributed by atoms with van der Waals surface area (Å²) in [5, 5.41) is 10.6. The van der Waals surface area contributed by atoms with Gasteiger partial charge in [-0.05, 0) is 44.5 Å². The van der Waals surface area contributed by atoms with Crippen LogP contribution in [0.4, 0.5) is 4.79 Å². The van der Waals surface area contributed by atoms with Crippen LogP contribution in [0.5, 0.6) is 0 Å². The van der Waals surface area contributed by atoms with E-state index in [0.717, 1.165) is 5.56 Å². The van der Waals surface area contributed by atoms with Crippen LogP contribution in [0.15, 0.2) is 54.7 Å². The first-order chi connectivity index (χ1) is 12.2. The number of carbonyl (C=O) groups is 2. The van der Waals surface area contributed by atoms with Gasteiger partial charge in [-0.3, -0.25) is 9.36 Å². The topological polar surface area (TPSA) is 68.5 Å². The van der Waals surface area contributed by atoms with Crippen LogP contribution < -0.4 is 0 Å². The summed E-state index contributed by atoms with van der Waals surface area (Å²) in [6, 6.07) is 12.7. The van der Waals surface area contributed by atoms with Gasteiger partial charge in [0.15, 0.2) is 5.78 Å². The van der Waals surface area contributed by atoms with Crippen LogP contribution in [0.3, 0.4) is 0 Å². The lowest BCUT2D eigenvalue weighted by Gasteiger charge is -2.22. The number of hydrogen-bond donors (Lipinski definition) is 1. The zero-order valence-corrected chi connectivity index (χ0v) is 15.5. The number of benzene rings is 1. The van der Waals surface area contributed by atoms with Crippen LogP contribution in [-0.4, -0.2) is 27.2 Å². The number of aliphatic hydroxyl groups excluding tert-OH is 1. The van der Waals surface area contributed by atoms with E-state index in [2.05, 4.69) is 0 Å². The van der Waals surface area contributed by atoms with Crippen molar-refractivity contribution in [2.45, 2.75) is 39.4 Å². The fraction of sp³-hybridized carbons (Fsp3) is 0.333. The maximum Gasteiger partial charge on any atom is 0.418 e. The maximum atomic E-state index is 12.4. The highest BCUT2D eigenvalue weighted by molar-refractivity contribution is 5.95. The van der Waals surface area contributed by atoms with Crippen LogP contribution in [0.1, 0.15) is 45.1 Å². The molecule has 138 valence electrons. The minimum Gasteiger partial charge on any atom is -0.443 e. The summed E-state index contributed by atoms with van der Waals surface area (Å²) in [7, 11) is 0. The van der Waals surface area contributed by atoms with Crippen molar-refractivity contribution in [2.75, 3.05) is 0 Å². The van der Waals surface area contributed by atoms with E-state index in [1.807, 2.05) is 30.3 Å². The number of allylic oxidation sites excluding steroid dienone is 1. The number of rotatable bonds is 5. The molecule has 2 unspecified atom stereocenters. The molecule has 1 N–H and O–H groups in total. The lowest BCUT2D eigenvalue weighted by atomic mass is 9.96. The van der Waals surface area contributed by atoms with E-state index >= 15 is 0 Å². The normalized spacial score (nSPS) is 14.2. The minimum atomic E-state index is -1.12. The third-order valence-corrected chi connectivity index (χ3v) is 3.84. The summed E-state index contributed by atoms with van der Waals surface area (Å²) in [5.41, 5.74) is 0.580. The number of aliphatic hydroxyl groups is 1. The molecule has 5 nitrogen and oxygen atoms in total. The van der Waals surface area contributed by atoms with Crippen LogP contribution in [0.25, 0.3) is 6.08 Å². The van der Waals surface area contributed by atoms with Gasteiger partial charge in [-0.1, -0.05) is 43.3 Å². The molecule has 26 heavy (non-hydrogen) atoms. The Hall–Kier alpha value is -2.66. The lowest BCUT2D eigenvalue weighted by molar-refractivity contribution is -0.121. The quantitative estimate of drug-likeness (QED) is 0.815. The Morgan fingerprint density at radius 3 is 2.38 bits per heavy atom. The van der Waals surface area contributed by atoms with Crippen molar-refractivity contribution in [3.05, 3.63) is 66.0 Å². The Labute approximate surface area is 153 Å². The molecule has 5 heteroatoms. The average molecular weight is 355 g/mol. The van der Waals surface area contributed by atoms with Crippen LogP contribution >= 0.6 is 0 Å². The molecule has 1 aromatic heterocycles. The second kappa shape index (κ2) is 8.15. The predicted octanol–water partition coefficient (Wildman–Crippen LogP) is 4.22. The summed E-state index contributed by atoms with van der Waals surface area (Å²) in [4.78, 5) is 24.7. The second-order valence-corrected chi connectivity index (χ2v) is 7.16. The van der Waals surface area contributed by atoms with E-state index in [9.17, 15) is 14.7 Å². The molecule has 1 aromatic carbocycles. The van der Waals surface area contributed by atoms with Crippen LogP contribution in [-0.2, 0) is 9.53 Å². The van der Waals surface area contributed by atoms with Gasteiger partial charge in [0.05, 0.1) is 11.6 Å². The van der Waals surface area contributed by atoms with Gasteiger partial charge in [-0.25, -0.2) is 4.79 Å². The molecule has 0 spiro atoms. The van der Waals surface area contributed by atoms with E-state index in [4.69, 9.17) is 4.74 Å². The van der Waals surface area contributed by atoms with E-state index in [-0.39, 0.29) is 5.78 Å². The highest BCUT2D eigenvalue weighted by atomic mass is 16.6. The molecule has 0 saturated heterocycles. The Bertz CT molecular complexity index is 784. The van der Waals surface area contributed by atoms with Crippen molar-refractivity contribution >= 4 is 18.0 Å². The van der Waals surface area contributed by atoms with Gasteiger partial charge in [0.2, 0.25) is 0 Å². The molecule has 0 saturated carbocycles. The summed E-state index contributed by atoms with van der Waals surface area (Å²) >= 11 is 0. The van der Waals surface area contributed by atoms with Crippen LogP contribution in [0, 0.1) is 5.92 Å². The largest absolute Gasteiger partial charge is 0.443 e. The number of hydrogen-bond acceptors (Lipinski definition) is 4. The van der Waals surface area contributed by atoms with Crippen molar-refractivity contribution < 1.29 is 19.4 Å². The smallest absolute Gasteiger partial charge is 0.418 e. The molecular weight excluding hydrogens is 330 g/mol.